The number of ether oxygens (including phenoxy) is 2. The molecule has 0 radical (unpaired) electrons. The van der Waals surface area contributed by atoms with E-state index in [2.05, 4.69) is 4.98 Å². The number of hydrogen-bond acceptors (Lipinski definition) is 6. The Bertz CT molecular complexity index is 1220. The Balaban J connectivity index is 1.69. The van der Waals surface area contributed by atoms with Gasteiger partial charge in [-0.3, -0.25) is 9.59 Å². The van der Waals surface area contributed by atoms with Gasteiger partial charge in [-0.2, -0.15) is 0 Å². The van der Waals surface area contributed by atoms with Crippen LogP contribution in [0.15, 0.2) is 72.8 Å². The molecule has 3 aromatic rings. The van der Waals surface area contributed by atoms with Crippen molar-refractivity contribution in [3.63, 3.8) is 0 Å². The summed E-state index contributed by atoms with van der Waals surface area (Å²) < 4.78 is 13.2. The van der Waals surface area contributed by atoms with Gasteiger partial charge in [0.05, 0.1) is 30.7 Å². The normalized spacial score (nSPS) is 17.1. The van der Waals surface area contributed by atoms with Crippen LogP contribution in [0, 0.1) is 0 Å². The number of Topliss-reactive ketones (excluding diaryl/α,β-unsaturated/α-hetero) is 1. The van der Waals surface area contributed by atoms with Gasteiger partial charge >= 0.3 is 0 Å². The standard InChI is InChI=1S/C28H31N3O5/c1-4-35-22-10-8-21(9-11-22)26(32)24-25(20-6-12-23(13-7-20)36-19(2)3)31(28(34)27(24)33)16-5-15-30-17-14-29-18-30/h6-14,17-19,25,32H,4-5,15-16H2,1-3H3. The van der Waals surface area contributed by atoms with E-state index >= 15 is 0 Å². The fourth-order valence-corrected chi connectivity index (χ4v) is 4.33. The van der Waals surface area contributed by atoms with E-state index in [0.29, 0.717) is 43.2 Å². The lowest BCUT2D eigenvalue weighted by molar-refractivity contribution is -0.139. The minimum atomic E-state index is -0.715. The Morgan fingerprint density at radius 1 is 1.03 bits per heavy atom. The Labute approximate surface area is 210 Å². The molecule has 1 unspecified atom stereocenters. The number of aryl methyl sites for hydroxylation is 1. The molecule has 1 fully saturated rings. The Morgan fingerprint density at radius 2 is 1.72 bits per heavy atom. The first-order chi connectivity index (χ1) is 17.4. The van der Waals surface area contributed by atoms with Gasteiger partial charge in [0, 0.05) is 31.0 Å². The monoisotopic (exact) mass is 489 g/mol. The number of aliphatic hydroxyl groups is 1. The SMILES string of the molecule is CCOc1ccc(C(O)=C2C(=O)C(=O)N(CCCn3ccnc3)C2c2ccc(OC(C)C)cc2)cc1. The van der Waals surface area contributed by atoms with Crippen molar-refractivity contribution in [1.29, 1.82) is 0 Å². The van der Waals surface area contributed by atoms with Crippen LogP contribution in [0.4, 0.5) is 0 Å². The first-order valence-electron chi connectivity index (χ1n) is 12.1. The smallest absolute Gasteiger partial charge is 0.295 e. The van der Waals surface area contributed by atoms with Crippen LogP contribution >= 0.6 is 0 Å². The largest absolute Gasteiger partial charge is 0.507 e. The number of ketones is 1. The van der Waals surface area contributed by atoms with Crippen LogP contribution in [-0.2, 0) is 16.1 Å². The summed E-state index contributed by atoms with van der Waals surface area (Å²) in [6, 6.07) is 13.4. The topological polar surface area (TPSA) is 93.9 Å². The van der Waals surface area contributed by atoms with Crippen LogP contribution in [0.2, 0.25) is 0 Å². The molecule has 188 valence electrons. The van der Waals surface area contributed by atoms with Crippen LogP contribution in [-0.4, -0.2) is 50.5 Å². The number of likely N-dealkylation sites (tertiary alicyclic amines) is 1. The zero-order chi connectivity index (χ0) is 25.7. The van der Waals surface area contributed by atoms with Crippen LogP contribution < -0.4 is 9.47 Å². The second-order valence-electron chi connectivity index (χ2n) is 8.84. The lowest BCUT2D eigenvalue weighted by atomic mass is 9.95. The highest BCUT2D eigenvalue weighted by Gasteiger charge is 2.45. The first kappa shape index (κ1) is 25.0. The summed E-state index contributed by atoms with van der Waals surface area (Å²) >= 11 is 0. The van der Waals surface area contributed by atoms with Crippen LogP contribution in [0.25, 0.3) is 5.76 Å². The first-order valence-corrected chi connectivity index (χ1v) is 12.1. The number of aliphatic hydroxyl groups excluding tert-OH is 1. The van der Waals surface area contributed by atoms with Crippen molar-refractivity contribution in [2.24, 2.45) is 0 Å². The number of carbonyl (C=O) groups excluding carboxylic acids is 2. The average Bonchev–Trinajstić information content (AvgIpc) is 3.47. The van der Waals surface area contributed by atoms with Gasteiger partial charge in [-0.1, -0.05) is 12.1 Å². The number of aromatic nitrogens is 2. The lowest BCUT2D eigenvalue weighted by Crippen LogP contribution is -2.31. The van der Waals surface area contributed by atoms with Crippen molar-refractivity contribution >= 4 is 17.4 Å². The van der Waals surface area contributed by atoms with E-state index in [4.69, 9.17) is 9.47 Å². The number of amides is 1. The van der Waals surface area contributed by atoms with E-state index in [0.717, 1.165) is 5.56 Å². The van der Waals surface area contributed by atoms with Crippen molar-refractivity contribution in [2.75, 3.05) is 13.2 Å². The number of benzene rings is 2. The van der Waals surface area contributed by atoms with Gasteiger partial charge in [-0.15, -0.1) is 0 Å². The van der Waals surface area contributed by atoms with Gasteiger partial charge in [-0.25, -0.2) is 4.98 Å². The van der Waals surface area contributed by atoms with E-state index in [-0.39, 0.29) is 17.4 Å². The summed E-state index contributed by atoms with van der Waals surface area (Å²) in [5.74, 6) is -0.179. The van der Waals surface area contributed by atoms with Gasteiger partial charge in [0.25, 0.3) is 11.7 Å². The predicted octanol–water partition coefficient (Wildman–Crippen LogP) is 4.58. The van der Waals surface area contributed by atoms with Crippen LogP contribution in [0.1, 0.15) is 44.4 Å². The summed E-state index contributed by atoms with van der Waals surface area (Å²) in [7, 11) is 0. The maximum Gasteiger partial charge on any atom is 0.295 e. The number of hydrogen-bond donors (Lipinski definition) is 1. The fraction of sp³-hybridized carbons (Fsp3) is 0.321. The Morgan fingerprint density at radius 3 is 2.33 bits per heavy atom. The van der Waals surface area contributed by atoms with Crippen molar-refractivity contribution in [2.45, 2.75) is 45.9 Å². The molecule has 1 N–H and O–H groups in total. The molecular formula is C28H31N3O5. The van der Waals surface area contributed by atoms with E-state index in [1.807, 2.05) is 55.8 Å². The van der Waals surface area contributed by atoms with Gasteiger partial charge in [-0.05, 0) is 69.2 Å². The highest BCUT2D eigenvalue weighted by molar-refractivity contribution is 6.46. The van der Waals surface area contributed by atoms with Gasteiger partial charge in [0.2, 0.25) is 0 Å². The third kappa shape index (κ3) is 5.43. The minimum absolute atomic E-state index is 0.0179. The third-order valence-corrected chi connectivity index (χ3v) is 5.92. The molecule has 1 aliphatic rings. The number of imidazole rings is 1. The van der Waals surface area contributed by atoms with E-state index in [1.165, 1.54) is 4.90 Å². The molecule has 1 saturated heterocycles. The lowest BCUT2D eigenvalue weighted by Gasteiger charge is -2.25. The summed E-state index contributed by atoms with van der Waals surface area (Å²) in [4.78, 5) is 31.9. The van der Waals surface area contributed by atoms with E-state index < -0.39 is 17.7 Å². The van der Waals surface area contributed by atoms with Crippen molar-refractivity contribution in [1.82, 2.24) is 14.5 Å². The molecule has 1 aromatic heterocycles. The molecule has 1 atom stereocenters. The van der Waals surface area contributed by atoms with Gasteiger partial charge < -0.3 is 24.0 Å². The molecule has 8 heteroatoms. The second kappa shape index (κ2) is 11.1. The molecular weight excluding hydrogens is 458 g/mol. The molecule has 0 aliphatic carbocycles. The zero-order valence-corrected chi connectivity index (χ0v) is 20.8. The zero-order valence-electron chi connectivity index (χ0n) is 20.8. The maximum atomic E-state index is 13.2. The molecule has 0 spiro atoms. The molecule has 36 heavy (non-hydrogen) atoms. The van der Waals surface area contributed by atoms with Gasteiger partial charge in [0.1, 0.15) is 17.3 Å². The quantitative estimate of drug-likeness (QED) is 0.255. The van der Waals surface area contributed by atoms with E-state index in [1.54, 1.807) is 36.8 Å². The third-order valence-electron chi connectivity index (χ3n) is 5.92. The molecule has 2 aromatic carbocycles. The molecule has 8 nitrogen and oxygen atoms in total. The summed E-state index contributed by atoms with van der Waals surface area (Å²) in [6.07, 6.45) is 5.90. The molecule has 2 heterocycles. The highest BCUT2D eigenvalue weighted by atomic mass is 16.5. The van der Waals surface area contributed by atoms with Crippen molar-refractivity contribution in [3.05, 3.63) is 84.0 Å². The van der Waals surface area contributed by atoms with Gasteiger partial charge in [0.15, 0.2) is 0 Å². The number of carbonyl (C=O) groups is 2. The summed E-state index contributed by atoms with van der Waals surface area (Å²) in [5, 5.41) is 11.2. The molecule has 0 saturated carbocycles. The summed E-state index contributed by atoms with van der Waals surface area (Å²) in [5.41, 5.74) is 1.24. The number of nitrogens with zero attached hydrogens (tertiary/aromatic N) is 3. The average molecular weight is 490 g/mol. The highest BCUT2D eigenvalue weighted by Crippen LogP contribution is 2.40. The predicted molar refractivity (Wildman–Crippen MR) is 136 cm³/mol. The molecule has 1 aliphatic heterocycles. The van der Waals surface area contributed by atoms with Crippen molar-refractivity contribution in [3.8, 4) is 11.5 Å². The molecule has 4 rings (SSSR count). The maximum absolute atomic E-state index is 13.2. The fourth-order valence-electron chi connectivity index (χ4n) is 4.33. The minimum Gasteiger partial charge on any atom is -0.507 e. The molecule has 1 amide bonds. The van der Waals surface area contributed by atoms with E-state index in [9.17, 15) is 14.7 Å². The Hall–Kier alpha value is -4.07. The summed E-state index contributed by atoms with van der Waals surface area (Å²) in [6.45, 7) is 7.29. The van der Waals surface area contributed by atoms with Crippen LogP contribution in [0.3, 0.4) is 0 Å². The van der Waals surface area contributed by atoms with Crippen molar-refractivity contribution < 1.29 is 24.2 Å². The molecule has 0 bridgehead atoms. The second-order valence-corrected chi connectivity index (χ2v) is 8.84. The Kier molecular flexibility index (Phi) is 7.73. The van der Waals surface area contributed by atoms with Crippen LogP contribution in [0.5, 0.6) is 11.5 Å². The number of rotatable bonds is 10.